The third-order valence-corrected chi connectivity index (χ3v) is 2.47. The molecule has 4 nitrogen and oxygen atoms in total. The van der Waals surface area contributed by atoms with Crippen molar-refractivity contribution in [3.05, 3.63) is 0 Å². The van der Waals surface area contributed by atoms with E-state index in [1.54, 1.807) is 14.0 Å². The summed E-state index contributed by atoms with van der Waals surface area (Å²) in [5, 5.41) is 8.90. The van der Waals surface area contributed by atoms with Crippen LogP contribution in [0.25, 0.3) is 0 Å². The highest BCUT2D eigenvalue weighted by Crippen LogP contribution is 2.19. The van der Waals surface area contributed by atoms with Gasteiger partial charge in [0.25, 0.3) is 0 Å². The van der Waals surface area contributed by atoms with E-state index in [1.165, 1.54) is 4.90 Å². The topological polar surface area (TPSA) is 66.6 Å². The lowest BCUT2D eigenvalue weighted by Crippen LogP contribution is -2.52. The molecule has 0 rings (SSSR count). The molecule has 0 spiro atoms. The Labute approximate surface area is 86.1 Å². The molecule has 0 bridgehead atoms. The molecule has 14 heavy (non-hydrogen) atoms. The Balaban J connectivity index is 4.47. The van der Waals surface area contributed by atoms with Gasteiger partial charge >= 0.3 is 0 Å². The number of hydrogen-bond acceptors (Lipinski definition) is 3. The lowest BCUT2D eigenvalue weighted by molar-refractivity contribution is -0.136. The van der Waals surface area contributed by atoms with Crippen LogP contribution in [-0.2, 0) is 4.79 Å². The van der Waals surface area contributed by atoms with Gasteiger partial charge in [0.05, 0.1) is 18.7 Å². The zero-order chi connectivity index (χ0) is 11.5. The van der Waals surface area contributed by atoms with Crippen molar-refractivity contribution in [2.24, 2.45) is 11.1 Å². The van der Waals surface area contributed by atoms with Crippen LogP contribution in [-0.4, -0.2) is 41.7 Å². The molecule has 0 fully saturated rings. The summed E-state index contributed by atoms with van der Waals surface area (Å²) in [5.74, 6) is -0.126. The average Bonchev–Trinajstić information content (AvgIpc) is 2.11. The summed E-state index contributed by atoms with van der Waals surface area (Å²) in [5.41, 5.74) is 5.57. The van der Waals surface area contributed by atoms with Crippen molar-refractivity contribution < 1.29 is 9.90 Å². The summed E-state index contributed by atoms with van der Waals surface area (Å²) in [6.07, 6.45) is 0. The average molecular weight is 202 g/mol. The van der Waals surface area contributed by atoms with E-state index in [1.807, 2.05) is 20.8 Å². The van der Waals surface area contributed by atoms with Crippen LogP contribution in [0.4, 0.5) is 0 Å². The van der Waals surface area contributed by atoms with Crippen molar-refractivity contribution in [3.8, 4) is 0 Å². The fourth-order valence-corrected chi connectivity index (χ4v) is 0.929. The van der Waals surface area contributed by atoms with E-state index in [9.17, 15) is 4.79 Å². The van der Waals surface area contributed by atoms with Crippen LogP contribution in [0, 0.1) is 5.41 Å². The van der Waals surface area contributed by atoms with Crippen LogP contribution in [0.1, 0.15) is 27.7 Å². The largest absolute Gasteiger partial charge is 0.394 e. The van der Waals surface area contributed by atoms with E-state index in [-0.39, 0.29) is 24.0 Å². The van der Waals surface area contributed by atoms with Crippen molar-refractivity contribution in [1.29, 1.82) is 0 Å². The minimum Gasteiger partial charge on any atom is -0.394 e. The molecule has 3 N–H and O–H groups in total. The van der Waals surface area contributed by atoms with E-state index in [0.717, 1.165) is 0 Å². The second-order valence-corrected chi connectivity index (χ2v) is 4.82. The van der Waals surface area contributed by atoms with Gasteiger partial charge in [-0.3, -0.25) is 4.79 Å². The maximum atomic E-state index is 11.8. The zero-order valence-electron chi connectivity index (χ0n) is 9.74. The Kier molecular flexibility index (Phi) is 4.55. The Morgan fingerprint density at radius 1 is 1.50 bits per heavy atom. The van der Waals surface area contributed by atoms with Gasteiger partial charge in [-0.15, -0.1) is 0 Å². The Morgan fingerprint density at radius 2 is 1.93 bits per heavy atom. The Bertz CT molecular complexity index is 199. The van der Waals surface area contributed by atoms with Gasteiger partial charge in [-0.25, -0.2) is 0 Å². The smallest absolute Gasteiger partial charge is 0.240 e. The number of carbonyl (C=O) groups excluding carboxylic acids is 1. The number of nitrogens with zero attached hydrogens (tertiary/aromatic N) is 1. The molecule has 2 atom stereocenters. The molecular formula is C10H22N2O2. The van der Waals surface area contributed by atoms with Crippen molar-refractivity contribution in [1.82, 2.24) is 4.90 Å². The van der Waals surface area contributed by atoms with Crippen LogP contribution in [0.15, 0.2) is 0 Å². The molecule has 84 valence electrons. The minimum atomic E-state index is -0.526. The number of likely N-dealkylation sites (N-methyl/N-ethyl adjacent to an activating group) is 1. The first-order valence-electron chi connectivity index (χ1n) is 4.85. The number of nitrogens with two attached hydrogens (primary N) is 1. The van der Waals surface area contributed by atoms with E-state index < -0.39 is 6.04 Å². The van der Waals surface area contributed by atoms with Crippen LogP contribution in [0.3, 0.4) is 0 Å². The van der Waals surface area contributed by atoms with Gasteiger partial charge in [0.2, 0.25) is 5.91 Å². The van der Waals surface area contributed by atoms with Crippen LogP contribution in [0.2, 0.25) is 0 Å². The fourth-order valence-electron chi connectivity index (χ4n) is 0.929. The highest BCUT2D eigenvalue weighted by molar-refractivity contribution is 5.82. The Morgan fingerprint density at radius 3 is 2.21 bits per heavy atom. The normalized spacial score (nSPS) is 16.2. The summed E-state index contributed by atoms with van der Waals surface area (Å²) >= 11 is 0. The number of rotatable bonds is 3. The van der Waals surface area contributed by atoms with Crippen molar-refractivity contribution in [3.63, 3.8) is 0 Å². The molecule has 0 saturated carbocycles. The van der Waals surface area contributed by atoms with Crippen LogP contribution >= 0.6 is 0 Å². The van der Waals surface area contributed by atoms with Gasteiger partial charge in [0.1, 0.15) is 0 Å². The molecule has 0 aromatic carbocycles. The van der Waals surface area contributed by atoms with E-state index in [4.69, 9.17) is 10.8 Å². The summed E-state index contributed by atoms with van der Waals surface area (Å²) in [4.78, 5) is 13.3. The lowest BCUT2D eigenvalue weighted by atomic mass is 9.86. The molecule has 0 heterocycles. The fraction of sp³-hybridized carbons (Fsp3) is 0.900. The highest BCUT2D eigenvalue weighted by atomic mass is 16.3. The quantitative estimate of drug-likeness (QED) is 0.687. The number of aliphatic hydroxyl groups is 1. The van der Waals surface area contributed by atoms with Gasteiger partial charge in [-0.05, 0) is 12.3 Å². The summed E-state index contributed by atoms with van der Waals surface area (Å²) in [6, 6.07) is -0.711. The molecule has 0 saturated heterocycles. The Hall–Kier alpha value is -0.610. The molecule has 4 heteroatoms. The van der Waals surface area contributed by atoms with Gasteiger partial charge in [-0.1, -0.05) is 20.8 Å². The van der Waals surface area contributed by atoms with Gasteiger partial charge in [0, 0.05) is 7.05 Å². The highest BCUT2D eigenvalue weighted by Gasteiger charge is 2.30. The van der Waals surface area contributed by atoms with Crippen LogP contribution in [0.5, 0.6) is 0 Å². The third kappa shape index (κ3) is 3.27. The first-order chi connectivity index (χ1) is 6.21. The molecule has 0 aliphatic carbocycles. The number of carbonyl (C=O) groups is 1. The van der Waals surface area contributed by atoms with Gasteiger partial charge < -0.3 is 15.7 Å². The first kappa shape index (κ1) is 13.4. The molecule has 1 amide bonds. The molecular weight excluding hydrogens is 180 g/mol. The second kappa shape index (κ2) is 4.75. The third-order valence-electron chi connectivity index (χ3n) is 2.47. The summed E-state index contributed by atoms with van der Waals surface area (Å²) in [7, 11) is 1.66. The standard InChI is InChI=1S/C10H22N2O2/c1-7(6-13)12(5)9(14)8(11)10(2,3)4/h7-8,13H,6,11H2,1-5H3/t7?,8-/m0/s1. The number of hydrogen-bond donors (Lipinski definition) is 2. The van der Waals surface area contributed by atoms with E-state index in [2.05, 4.69) is 0 Å². The van der Waals surface area contributed by atoms with Gasteiger partial charge in [-0.2, -0.15) is 0 Å². The molecule has 0 aromatic rings. The van der Waals surface area contributed by atoms with Crippen molar-refractivity contribution >= 4 is 5.91 Å². The molecule has 0 aliphatic heterocycles. The first-order valence-corrected chi connectivity index (χ1v) is 4.85. The zero-order valence-corrected chi connectivity index (χ0v) is 9.74. The minimum absolute atomic E-state index is 0.0426. The molecule has 0 aromatic heterocycles. The predicted octanol–water partition coefficient (Wildman–Crippen LogP) is 0.199. The summed E-state index contributed by atoms with van der Waals surface area (Å²) in [6.45, 7) is 7.51. The lowest BCUT2D eigenvalue weighted by Gasteiger charge is -2.32. The molecule has 0 aliphatic rings. The number of amides is 1. The van der Waals surface area contributed by atoms with Crippen molar-refractivity contribution in [2.75, 3.05) is 13.7 Å². The van der Waals surface area contributed by atoms with Crippen LogP contribution < -0.4 is 5.73 Å². The van der Waals surface area contributed by atoms with E-state index in [0.29, 0.717) is 0 Å². The molecule has 1 unspecified atom stereocenters. The van der Waals surface area contributed by atoms with Crippen molar-refractivity contribution in [2.45, 2.75) is 39.8 Å². The number of aliphatic hydroxyl groups excluding tert-OH is 1. The SMILES string of the molecule is CC(CO)N(C)C(=O)[C@H](N)C(C)(C)C. The second-order valence-electron chi connectivity index (χ2n) is 4.82. The maximum Gasteiger partial charge on any atom is 0.240 e. The van der Waals surface area contributed by atoms with Gasteiger partial charge in [0.15, 0.2) is 0 Å². The molecule has 0 radical (unpaired) electrons. The maximum absolute atomic E-state index is 11.8. The summed E-state index contributed by atoms with van der Waals surface area (Å²) < 4.78 is 0. The monoisotopic (exact) mass is 202 g/mol. The predicted molar refractivity (Wildman–Crippen MR) is 56.7 cm³/mol. The van der Waals surface area contributed by atoms with E-state index >= 15 is 0 Å².